The molecule has 1 heterocycles. The molecule has 0 atom stereocenters. The van der Waals surface area contributed by atoms with Crippen molar-refractivity contribution in [2.75, 3.05) is 24.1 Å². The van der Waals surface area contributed by atoms with Crippen LogP contribution in [0.4, 0.5) is 11.5 Å². The summed E-state index contributed by atoms with van der Waals surface area (Å²) in [7, 11) is 0. The topological polar surface area (TPSA) is 80.0 Å². The Bertz CT molecular complexity index is 613. The van der Waals surface area contributed by atoms with Gasteiger partial charge in [0.1, 0.15) is 5.82 Å². The number of benzene rings is 1. The molecule has 116 valence electrons. The number of unbranched alkanes of at least 4 members (excludes halogenated alkanes) is 1. The summed E-state index contributed by atoms with van der Waals surface area (Å²) < 4.78 is 0. The molecule has 0 bridgehead atoms. The molecule has 0 saturated carbocycles. The van der Waals surface area contributed by atoms with Crippen LogP contribution in [0.5, 0.6) is 0 Å². The second-order valence-corrected chi connectivity index (χ2v) is 5.19. The third-order valence-electron chi connectivity index (χ3n) is 3.32. The van der Waals surface area contributed by atoms with Crippen LogP contribution in [-0.4, -0.2) is 24.0 Å². The first-order valence-corrected chi connectivity index (χ1v) is 7.46. The number of anilines is 2. The van der Waals surface area contributed by atoms with Gasteiger partial charge in [0.05, 0.1) is 11.9 Å². The number of amides is 1. The molecule has 0 saturated heterocycles. The predicted octanol–water partition coefficient (Wildman–Crippen LogP) is 2.59. The molecule has 0 aliphatic heterocycles. The molecule has 4 N–H and O–H groups in total. The second-order valence-electron chi connectivity index (χ2n) is 5.19. The smallest absolute Gasteiger partial charge is 0.251 e. The minimum absolute atomic E-state index is 0.0235. The Morgan fingerprint density at radius 3 is 2.64 bits per heavy atom. The molecular weight excluding hydrogens is 276 g/mol. The van der Waals surface area contributed by atoms with Crippen LogP contribution in [0, 0.1) is 6.92 Å². The van der Waals surface area contributed by atoms with Gasteiger partial charge in [-0.2, -0.15) is 0 Å². The van der Waals surface area contributed by atoms with Crippen LogP contribution in [0.15, 0.2) is 42.6 Å². The van der Waals surface area contributed by atoms with E-state index in [1.807, 2.05) is 43.3 Å². The quantitative estimate of drug-likeness (QED) is 0.686. The zero-order valence-corrected chi connectivity index (χ0v) is 12.8. The fraction of sp³-hybridized carbons (Fsp3) is 0.294. The van der Waals surface area contributed by atoms with Gasteiger partial charge in [-0.25, -0.2) is 4.98 Å². The van der Waals surface area contributed by atoms with Gasteiger partial charge in [0.25, 0.3) is 5.91 Å². The number of hydrogen-bond donors (Lipinski definition) is 3. The van der Waals surface area contributed by atoms with Crippen LogP contribution in [0.25, 0.3) is 0 Å². The third-order valence-corrected chi connectivity index (χ3v) is 3.32. The van der Waals surface area contributed by atoms with Crippen molar-refractivity contribution in [3.05, 3.63) is 53.7 Å². The fourth-order valence-corrected chi connectivity index (χ4v) is 2.13. The molecule has 0 aliphatic rings. The van der Waals surface area contributed by atoms with E-state index in [9.17, 15) is 4.79 Å². The van der Waals surface area contributed by atoms with Crippen LogP contribution in [-0.2, 0) is 0 Å². The lowest BCUT2D eigenvalue weighted by Gasteiger charge is -2.09. The summed E-state index contributed by atoms with van der Waals surface area (Å²) in [6.07, 6.45) is 3.52. The van der Waals surface area contributed by atoms with Crippen molar-refractivity contribution < 1.29 is 4.79 Å². The maximum atomic E-state index is 11.8. The highest BCUT2D eigenvalue weighted by Crippen LogP contribution is 2.13. The summed E-state index contributed by atoms with van der Waals surface area (Å²) in [4.78, 5) is 16.1. The SMILES string of the molecule is Cc1cc(N)cnc1NCCCCNC(=O)c1ccccc1. The number of carbonyl (C=O) groups is 1. The van der Waals surface area contributed by atoms with Gasteiger partial charge in [-0.05, 0) is 43.5 Å². The van der Waals surface area contributed by atoms with Crippen molar-refractivity contribution in [3.63, 3.8) is 0 Å². The van der Waals surface area contributed by atoms with Crippen LogP contribution in [0.2, 0.25) is 0 Å². The molecule has 0 aliphatic carbocycles. The number of pyridine rings is 1. The van der Waals surface area contributed by atoms with Gasteiger partial charge in [-0.3, -0.25) is 4.79 Å². The number of aryl methyl sites for hydroxylation is 1. The minimum Gasteiger partial charge on any atom is -0.397 e. The average Bonchev–Trinajstić information content (AvgIpc) is 2.53. The van der Waals surface area contributed by atoms with Crippen LogP contribution in [0.1, 0.15) is 28.8 Å². The lowest BCUT2D eigenvalue weighted by molar-refractivity contribution is 0.0953. The van der Waals surface area contributed by atoms with Crippen molar-refractivity contribution in [2.24, 2.45) is 0 Å². The highest BCUT2D eigenvalue weighted by atomic mass is 16.1. The molecule has 1 aromatic carbocycles. The number of rotatable bonds is 7. The zero-order valence-electron chi connectivity index (χ0n) is 12.8. The van der Waals surface area contributed by atoms with Gasteiger partial charge in [0.2, 0.25) is 0 Å². The van der Waals surface area contributed by atoms with E-state index in [-0.39, 0.29) is 5.91 Å². The Kier molecular flexibility index (Phi) is 5.77. The van der Waals surface area contributed by atoms with Gasteiger partial charge in [-0.1, -0.05) is 18.2 Å². The van der Waals surface area contributed by atoms with E-state index in [2.05, 4.69) is 15.6 Å². The van der Waals surface area contributed by atoms with E-state index in [1.54, 1.807) is 6.20 Å². The molecule has 0 radical (unpaired) electrons. The normalized spacial score (nSPS) is 10.2. The molecular formula is C17H22N4O. The summed E-state index contributed by atoms with van der Waals surface area (Å²) in [6, 6.07) is 11.1. The Hall–Kier alpha value is -2.56. The molecule has 1 amide bonds. The van der Waals surface area contributed by atoms with Crippen molar-refractivity contribution in [1.82, 2.24) is 10.3 Å². The molecule has 1 aromatic heterocycles. The van der Waals surface area contributed by atoms with Gasteiger partial charge < -0.3 is 16.4 Å². The van der Waals surface area contributed by atoms with Gasteiger partial charge in [0.15, 0.2) is 0 Å². The summed E-state index contributed by atoms with van der Waals surface area (Å²) in [5.41, 5.74) is 8.08. The summed E-state index contributed by atoms with van der Waals surface area (Å²) in [5, 5.41) is 6.20. The maximum Gasteiger partial charge on any atom is 0.251 e. The van der Waals surface area contributed by atoms with Gasteiger partial charge >= 0.3 is 0 Å². The standard InChI is InChI=1S/C17H22N4O/c1-13-11-15(18)12-21-16(13)19-9-5-6-10-20-17(22)14-7-3-2-4-8-14/h2-4,7-8,11-12H,5-6,9-10,18H2,1H3,(H,19,21)(H,20,22). The Balaban J connectivity index is 1.62. The minimum atomic E-state index is -0.0235. The van der Waals surface area contributed by atoms with E-state index in [0.717, 1.165) is 30.8 Å². The highest BCUT2D eigenvalue weighted by Gasteiger charge is 2.03. The Morgan fingerprint density at radius 2 is 1.91 bits per heavy atom. The molecule has 2 aromatic rings. The highest BCUT2D eigenvalue weighted by molar-refractivity contribution is 5.94. The molecule has 5 heteroatoms. The number of aromatic nitrogens is 1. The molecule has 2 rings (SSSR count). The van der Waals surface area contributed by atoms with Crippen LogP contribution in [0.3, 0.4) is 0 Å². The number of nitrogens with zero attached hydrogens (tertiary/aromatic N) is 1. The Morgan fingerprint density at radius 1 is 1.18 bits per heavy atom. The zero-order chi connectivity index (χ0) is 15.8. The third kappa shape index (κ3) is 4.77. The van der Waals surface area contributed by atoms with E-state index < -0.39 is 0 Å². The monoisotopic (exact) mass is 298 g/mol. The largest absolute Gasteiger partial charge is 0.397 e. The number of carbonyl (C=O) groups excluding carboxylic acids is 1. The van der Waals surface area contributed by atoms with E-state index in [1.165, 1.54) is 0 Å². The Labute approximate surface area is 130 Å². The molecule has 0 spiro atoms. The molecule has 0 unspecified atom stereocenters. The number of hydrogen-bond acceptors (Lipinski definition) is 4. The van der Waals surface area contributed by atoms with Gasteiger partial charge in [-0.15, -0.1) is 0 Å². The predicted molar refractivity (Wildman–Crippen MR) is 89.9 cm³/mol. The summed E-state index contributed by atoms with van der Waals surface area (Å²) in [6.45, 7) is 3.47. The van der Waals surface area contributed by atoms with E-state index in [0.29, 0.717) is 17.8 Å². The first-order valence-electron chi connectivity index (χ1n) is 7.46. The van der Waals surface area contributed by atoms with Gasteiger partial charge in [0, 0.05) is 18.7 Å². The number of nitrogen functional groups attached to an aromatic ring is 1. The molecule has 22 heavy (non-hydrogen) atoms. The van der Waals surface area contributed by atoms with Crippen molar-refractivity contribution in [3.8, 4) is 0 Å². The second kappa shape index (κ2) is 8.02. The summed E-state index contributed by atoms with van der Waals surface area (Å²) in [5.74, 6) is 0.840. The van der Waals surface area contributed by atoms with E-state index in [4.69, 9.17) is 5.73 Å². The first-order chi connectivity index (χ1) is 10.7. The summed E-state index contributed by atoms with van der Waals surface area (Å²) >= 11 is 0. The lowest BCUT2D eigenvalue weighted by Crippen LogP contribution is -2.24. The van der Waals surface area contributed by atoms with E-state index >= 15 is 0 Å². The number of nitrogens with one attached hydrogen (secondary N) is 2. The van der Waals surface area contributed by atoms with Crippen molar-refractivity contribution >= 4 is 17.4 Å². The average molecular weight is 298 g/mol. The fourth-order valence-electron chi connectivity index (χ4n) is 2.13. The maximum absolute atomic E-state index is 11.8. The van der Waals surface area contributed by atoms with Crippen LogP contribution < -0.4 is 16.4 Å². The van der Waals surface area contributed by atoms with Crippen molar-refractivity contribution in [2.45, 2.75) is 19.8 Å². The number of nitrogens with two attached hydrogens (primary N) is 1. The molecule has 5 nitrogen and oxygen atoms in total. The van der Waals surface area contributed by atoms with Crippen LogP contribution >= 0.6 is 0 Å². The molecule has 0 fully saturated rings. The first kappa shape index (κ1) is 15.8. The van der Waals surface area contributed by atoms with Crippen molar-refractivity contribution in [1.29, 1.82) is 0 Å². The lowest BCUT2D eigenvalue weighted by atomic mass is 10.2.